The average molecular weight is 277 g/mol. The van der Waals surface area contributed by atoms with E-state index >= 15 is 0 Å². The number of benzene rings is 1. The molecule has 2 rings (SSSR count). The van der Waals surface area contributed by atoms with Crippen LogP contribution >= 0.6 is 0 Å². The zero-order valence-corrected chi connectivity index (χ0v) is 11.7. The van der Waals surface area contributed by atoms with Gasteiger partial charge in [0.05, 0.1) is 13.0 Å². The van der Waals surface area contributed by atoms with Gasteiger partial charge in [-0.05, 0) is 5.56 Å². The summed E-state index contributed by atoms with van der Waals surface area (Å²) >= 11 is 0. The van der Waals surface area contributed by atoms with Gasteiger partial charge in [0.1, 0.15) is 6.17 Å². The minimum absolute atomic E-state index is 0.107. The maximum atomic E-state index is 12.0. The zero-order valence-electron chi connectivity index (χ0n) is 11.7. The molecule has 1 heterocycles. The van der Waals surface area contributed by atoms with Gasteiger partial charge in [-0.3, -0.25) is 14.4 Å². The van der Waals surface area contributed by atoms with Crippen molar-refractivity contribution in [1.82, 2.24) is 9.96 Å². The van der Waals surface area contributed by atoms with Crippen LogP contribution in [0.5, 0.6) is 0 Å². The van der Waals surface area contributed by atoms with Gasteiger partial charge < -0.3 is 10.6 Å². The second-order valence-corrected chi connectivity index (χ2v) is 4.82. The fraction of sp³-hybridized carbons (Fsp3) is 0.429. The van der Waals surface area contributed by atoms with E-state index in [1.165, 1.54) is 14.2 Å². The molecule has 1 aliphatic heterocycles. The normalized spacial score (nSPS) is 20.1. The van der Waals surface area contributed by atoms with Crippen LogP contribution in [0.25, 0.3) is 0 Å². The number of carbonyl (C=O) groups excluding carboxylic acids is 2. The van der Waals surface area contributed by atoms with Crippen LogP contribution in [0.15, 0.2) is 30.3 Å². The van der Waals surface area contributed by atoms with Crippen LogP contribution in [-0.4, -0.2) is 42.5 Å². The molecule has 0 aromatic heterocycles. The highest BCUT2D eigenvalue weighted by molar-refractivity contribution is 5.89. The number of hydrogen-bond donors (Lipinski definition) is 1. The first kappa shape index (κ1) is 14.5. The van der Waals surface area contributed by atoms with E-state index in [4.69, 9.17) is 10.6 Å². The zero-order chi connectivity index (χ0) is 14.7. The van der Waals surface area contributed by atoms with Crippen LogP contribution in [0, 0.1) is 5.92 Å². The molecule has 0 bridgehead atoms. The summed E-state index contributed by atoms with van der Waals surface area (Å²) in [5.74, 6) is -0.713. The van der Waals surface area contributed by atoms with Crippen LogP contribution in [0.4, 0.5) is 0 Å². The molecule has 1 aliphatic rings. The molecule has 1 fully saturated rings. The summed E-state index contributed by atoms with van der Waals surface area (Å²) in [4.78, 5) is 30.5. The largest absolute Gasteiger partial charge is 0.322 e. The molecule has 2 amide bonds. The molecule has 1 saturated heterocycles. The van der Waals surface area contributed by atoms with E-state index in [9.17, 15) is 9.59 Å². The third-order valence-corrected chi connectivity index (χ3v) is 3.57. The molecule has 2 N–H and O–H groups in total. The molecule has 1 unspecified atom stereocenters. The van der Waals surface area contributed by atoms with E-state index < -0.39 is 12.1 Å². The van der Waals surface area contributed by atoms with E-state index in [1.807, 2.05) is 30.3 Å². The average Bonchev–Trinajstić information content (AvgIpc) is 2.87. The van der Waals surface area contributed by atoms with Gasteiger partial charge >= 0.3 is 0 Å². The fourth-order valence-corrected chi connectivity index (χ4v) is 2.34. The van der Waals surface area contributed by atoms with Crippen molar-refractivity contribution < 1.29 is 14.4 Å². The van der Waals surface area contributed by atoms with Gasteiger partial charge in [0, 0.05) is 20.0 Å². The lowest BCUT2D eigenvalue weighted by Gasteiger charge is -2.25. The molecule has 0 radical (unpaired) electrons. The van der Waals surface area contributed by atoms with Gasteiger partial charge in [-0.15, -0.1) is 0 Å². The van der Waals surface area contributed by atoms with Crippen LogP contribution in [0.3, 0.4) is 0 Å². The predicted molar refractivity (Wildman–Crippen MR) is 73.0 cm³/mol. The summed E-state index contributed by atoms with van der Waals surface area (Å²) in [5, 5.41) is 1.15. The number of nitrogens with two attached hydrogens (primary N) is 1. The van der Waals surface area contributed by atoms with E-state index in [0.717, 1.165) is 10.6 Å². The Labute approximate surface area is 118 Å². The molecular formula is C14H19N3O3. The third kappa shape index (κ3) is 2.81. The fourth-order valence-electron chi connectivity index (χ4n) is 2.34. The van der Waals surface area contributed by atoms with Gasteiger partial charge in [-0.2, -0.15) is 0 Å². The standard InChI is InChI=1S/C14H19N3O3/c1-16(20-2)14(19)11-8-12(18)17(9-11)13(15)10-6-4-3-5-7-10/h3-7,11,13H,8-9,15H2,1-2H3/t11?,13-/m1/s1. The Bertz CT molecular complexity index is 492. The first-order chi connectivity index (χ1) is 9.54. The minimum Gasteiger partial charge on any atom is -0.322 e. The van der Waals surface area contributed by atoms with Crippen molar-refractivity contribution in [2.75, 3.05) is 20.7 Å². The SMILES string of the molecule is CON(C)C(=O)C1CC(=O)N([C@@H](N)c2ccccc2)C1. The van der Waals surface area contributed by atoms with E-state index in [1.54, 1.807) is 4.90 Å². The molecule has 2 atom stereocenters. The molecule has 108 valence electrons. The maximum absolute atomic E-state index is 12.0. The summed E-state index contributed by atoms with van der Waals surface area (Å²) in [6, 6.07) is 9.37. The Hall–Kier alpha value is -1.92. The highest BCUT2D eigenvalue weighted by Crippen LogP contribution is 2.26. The number of likely N-dealkylation sites (tertiary alicyclic amines) is 1. The summed E-state index contributed by atoms with van der Waals surface area (Å²) in [5.41, 5.74) is 6.97. The Morgan fingerprint density at radius 1 is 1.45 bits per heavy atom. The number of hydrogen-bond acceptors (Lipinski definition) is 4. The lowest BCUT2D eigenvalue weighted by atomic mass is 10.1. The van der Waals surface area contributed by atoms with Gasteiger partial charge in [0.15, 0.2) is 0 Å². The van der Waals surface area contributed by atoms with Gasteiger partial charge in [0.2, 0.25) is 5.91 Å². The van der Waals surface area contributed by atoms with E-state index in [2.05, 4.69) is 0 Å². The van der Waals surface area contributed by atoms with Crippen molar-refractivity contribution in [3.63, 3.8) is 0 Å². The minimum atomic E-state index is -0.519. The predicted octanol–water partition coefficient (Wildman–Crippen LogP) is 0.512. The van der Waals surface area contributed by atoms with Crippen molar-refractivity contribution >= 4 is 11.8 Å². The summed E-state index contributed by atoms with van der Waals surface area (Å²) < 4.78 is 0. The Balaban J connectivity index is 2.08. The Morgan fingerprint density at radius 3 is 2.70 bits per heavy atom. The number of carbonyl (C=O) groups is 2. The molecular weight excluding hydrogens is 258 g/mol. The van der Waals surface area contributed by atoms with E-state index in [0.29, 0.717) is 6.54 Å². The van der Waals surface area contributed by atoms with E-state index in [-0.39, 0.29) is 18.2 Å². The Kier molecular flexibility index (Phi) is 4.36. The van der Waals surface area contributed by atoms with Crippen molar-refractivity contribution in [2.45, 2.75) is 12.6 Å². The molecule has 6 heteroatoms. The smallest absolute Gasteiger partial charge is 0.251 e. The van der Waals surface area contributed by atoms with Crippen LogP contribution in [0.2, 0.25) is 0 Å². The first-order valence-electron chi connectivity index (χ1n) is 6.46. The van der Waals surface area contributed by atoms with Crippen molar-refractivity contribution in [3.8, 4) is 0 Å². The molecule has 0 saturated carbocycles. The second-order valence-electron chi connectivity index (χ2n) is 4.82. The molecule has 6 nitrogen and oxygen atoms in total. The maximum Gasteiger partial charge on any atom is 0.251 e. The van der Waals surface area contributed by atoms with Crippen molar-refractivity contribution in [1.29, 1.82) is 0 Å². The number of nitrogens with zero attached hydrogens (tertiary/aromatic N) is 2. The highest BCUT2D eigenvalue weighted by Gasteiger charge is 2.38. The molecule has 1 aromatic carbocycles. The third-order valence-electron chi connectivity index (χ3n) is 3.57. The monoisotopic (exact) mass is 277 g/mol. The molecule has 0 aliphatic carbocycles. The lowest BCUT2D eigenvalue weighted by Crippen LogP contribution is -2.38. The number of rotatable bonds is 4. The number of amides is 2. The van der Waals surface area contributed by atoms with Crippen molar-refractivity contribution in [2.24, 2.45) is 11.7 Å². The van der Waals surface area contributed by atoms with Crippen LogP contribution in [-0.2, 0) is 14.4 Å². The second kappa shape index (κ2) is 6.02. The molecule has 1 aromatic rings. The molecule has 20 heavy (non-hydrogen) atoms. The molecule has 0 spiro atoms. The lowest BCUT2D eigenvalue weighted by molar-refractivity contribution is -0.173. The van der Waals surface area contributed by atoms with Gasteiger partial charge in [-0.25, -0.2) is 5.06 Å². The first-order valence-corrected chi connectivity index (χ1v) is 6.46. The quantitative estimate of drug-likeness (QED) is 0.814. The summed E-state index contributed by atoms with van der Waals surface area (Å²) in [7, 11) is 2.95. The Morgan fingerprint density at radius 2 is 2.10 bits per heavy atom. The summed E-state index contributed by atoms with van der Waals surface area (Å²) in [6.07, 6.45) is -0.345. The van der Waals surface area contributed by atoms with Gasteiger partial charge in [-0.1, -0.05) is 30.3 Å². The van der Waals surface area contributed by atoms with Crippen LogP contribution < -0.4 is 5.73 Å². The summed E-state index contributed by atoms with van der Waals surface area (Å²) in [6.45, 7) is 0.321. The highest BCUT2D eigenvalue weighted by atomic mass is 16.7. The number of hydroxylamine groups is 2. The van der Waals surface area contributed by atoms with Gasteiger partial charge in [0.25, 0.3) is 5.91 Å². The van der Waals surface area contributed by atoms with Crippen molar-refractivity contribution in [3.05, 3.63) is 35.9 Å². The topological polar surface area (TPSA) is 75.9 Å². The van der Waals surface area contributed by atoms with Crippen LogP contribution in [0.1, 0.15) is 18.2 Å².